The van der Waals surface area contributed by atoms with Crippen LogP contribution in [0.2, 0.25) is 0 Å². The summed E-state index contributed by atoms with van der Waals surface area (Å²) < 4.78 is 7.66. The zero-order valence-electron chi connectivity index (χ0n) is 20.6. The third kappa shape index (κ3) is 5.34. The van der Waals surface area contributed by atoms with Gasteiger partial charge in [-0.15, -0.1) is 0 Å². The molecule has 0 saturated heterocycles. The van der Waals surface area contributed by atoms with Crippen LogP contribution in [0.5, 0.6) is 5.75 Å². The van der Waals surface area contributed by atoms with E-state index in [9.17, 15) is 15.2 Å². The number of carbonyl (C=O) groups is 1. The Kier molecular flexibility index (Phi) is 7.23. The number of halogens is 1. The van der Waals surface area contributed by atoms with Crippen LogP contribution in [0.25, 0.3) is 0 Å². The molecule has 0 aliphatic carbocycles. The summed E-state index contributed by atoms with van der Waals surface area (Å²) in [6.07, 6.45) is 1.65. The summed E-state index contributed by atoms with van der Waals surface area (Å²) in [5, 5.41) is 20.7. The number of phenolic OH excluding ortho intramolecular Hbond substituents is 1. The molecule has 0 radical (unpaired) electrons. The Hall–Kier alpha value is -3.11. The predicted molar refractivity (Wildman–Crippen MR) is 137 cm³/mol. The summed E-state index contributed by atoms with van der Waals surface area (Å²) in [4.78, 5) is 13.5. The van der Waals surface area contributed by atoms with E-state index < -0.39 is 0 Å². The van der Waals surface area contributed by atoms with E-state index in [2.05, 4.69) is 26.2 Å². The second-order valence-corrected chi connectivity index (χ2v) is 10.9. The predicted octanol–water partition coefficient (Wildman–Crippen LogP) is 5.60. The first-order valence-electron chi connectivity index (χ1n) is 11.2. The maximum absolute atomic E-state index is 13.5. The molecule has 3 rings (SSSR count). The van der Waals surface area contributed by atoms with E-state index in [-0.39, 0.29) is 28.9 Å². The SMILES string of the molecule is CC(C)(C)c1cc(C(=O)Cn2cc(C#N)n(Cc3ccccc3)/c2=N/Br)cc(C(C)(C)C)c1O. The third-order valence-corrected chi connectivity index (χ3v) is 6.12. The van der Waals surface area contributed by atoms with Crippen molar-refractivity contribution in [3.05, 3.63) is 82.2 Å². The number of hydrogen-bond acceptors (Lipinski definition) is 4. The molecule has 2 aromatic carbocycles. The van der Waals surface area contributed by atoms with Crippen LogP contribution in [0.3, 0.4) is 0 Å². The number of nitriles is 1. The minimum atomic E-state index is -0.336. The number of ketones is 1. The number of benzene rings is 2. The Morgan fingerprint density at radius 1 is 1.06 bits per heavy atom. The molecule has 3 aromatic rings. The van der Waals surface area contributed by atoms with Crippen LogP contribution in [0, 0.1) is 11.3 Å². The van der Waals surface area contributed by atoms with Crippen LogP contribution < -0.4 is 5.62 Å². The number of nitrogens with zero attached hydrogens (tertiary/aromatic N) is 4. The van der Waals surface area contributed by atoms with Gasteiger partial charge in [0, 0.05) is 22.9 Å². The number of aromatic hydroxyl groups is 1. The molecule has 0 atom stereocenters. The van der Waals surface area contributed by atoms with Crippen molar-refractivity contribution in [1.82, 2.24) is 9.13 Å². The molecule has 0 amide bonds. The van der Waals surface area contributed by atoms with Crippen molar-refractivity contribution in [2.24, 2.45) is 4.02 Å². The topological polar surface area (TPSA) is 83.3 Å². The van der Waals surface area contributed by atoms with E-state index in [1.54, 1.807) is 27.5 Å². The fourth-order valence-corrected chi connectivity index (χ4v) is 4.34. The van der Waals surface area contributed by atoms with Crippen LogP contribution in [0.4, 0.5) is 0 Å². The van der Waals surface area contributed by atoms with E-state index in [0.29, 0.717) is 23.4 Å². The Morgan fingerprint density at radius 3 is 2.09 bits per heavy atom. The van der Waals surface area contributed by atoms with Gasteiger partial charge in [0.05, 0.1) is 29.2 Å². The van der Waals surface area contributed by atoms with E-state index in [4.69, 9.17) is 0 Å². The minimum Gasteiger partial charge on any atom is -0.507 e. The maximum Gasteiger partial charge on any atom is 0.218 e. The standard InChI is InChI=1S/C27H31BrN4O2/c1-26(2,3)21-12-19(13-22(24(21)34)27(4,5)6)23(33)17-31-16-20(14-29)32(25(31)30-28)15-18-10-8-7-9-11-18/h7-13,16,34H,15,17H2,1-6H3/b30-25+. The van der Waals surface area contributed by atoms with Gasteiger partial charge in [0.15, 0.2) is 5.78 Å². The zero-order chi connectivity index (χ0) is 25.3. The van der Waals surface area contributed by atoms with Crippen molar-refractivity contribution >= 4 is 21.9 Å². The van der Waals surface area contributed by atoms with E-state index in [1.165, 1.54) is 0 Å². The van der Waals surface area contributed by atoms with Gasteiger partial charge < -0.3 is 9.67 Å². The Balaban J connectivity index is 2.06. The highest BCUT2D eigenvalue weighted by atomic mass is 79.9. The van der Waals surface area contributed by atoms with E-state index >= 15 is 0 Å². The highest BCUT2D eigenvalue weighted by Crippen LogP contribution is 2.39. The molecule has 0 bridgehead atoms. The summed E-state index contributed by atoms with van der Waals surface area (Å²) in [6, 6.07) is 15.6. The quantitative estimate of drug-likeness (QED) is 0.442. The van der Waals surface area contributed by atoms with Gasteiger partial charge in [-0.05, 0) is 28.5 Å². The molecule has 6 nitrogen and oxygen atoms in total. The molecule has 0 aliphatic heterocycles. The minimum absolute atomic E-state index is 0.0127. The number of Topliss-reactive ketones (excluding diaryl/α,β-unsaturated/α-hetero) is 1. The Bertz CT molecular complexity index is 1280. The average Bonchev–Trinajstić information content (AvgIpc) is 3.08. The van der Waals surface area contributed by atoms with Crippen molar-refractivity contribution < 1.29 is 9.90 Å². The van der Waals surface area contributed by atoms with Crippen LogP contribution in [-0.4, -0.2) is 20.0 Å². The molecule has 0 spiro atoms. The lowest BCUT2D eigenvalue weighted by molar-refractivity contribution is 0.0970. The van der Waals surface area contributed by atoms with Crippen molar-refractivity contribution in [1.29, 1.82) is 5.26 Å². The molecule has 0 saturated carbocycles. The van der Waals surface area contributed by atoms with Gasteiger partial charge in [-0.2, -0.15) is 9.28 Å². The molecule has 1 aromatic heterocycles. The first-order chi connectivity index (χ1) is 15.9. The number of carbonyl (C=O) groups excluding carboxylic acids is 1. The number of aromatic nitrogens is 2. The molecule has 1 N–H and O–H groups in total. The molecule has 0 aliphatic rings. The second-order valence-electron chi connectivity index (χ2n) is 10.6. The zero-order valence-corrected chi connectivity index (χ0v) is 22.1. The second kappa shape index (κ2) is 9.63. The monoisotopic (exact) mass is 522 g/mol. The van der Waals surface area contributed by atoms with E-state index in [1.807, 2.05) is 71.9 Å². The van der Waals surface area contributed by atoms with Crippen LogP contribution >= 0.6 is 16.1 Å². The molecule has 1 heterocycles. The summed E-state index contributed by atoms with van der Waals surface area (Å²) >= 11 is 3.18. The number of phenols is 1. The maximum atomic E-state index is 13.5. The molecule has 7 heteroatoms. The molecule has 0 fully saturated rings. The van der Waals surface area contributed by atoms with Gasteiger partial charge in [-0.3, -0.25) is 9.36 Å². The highest BCUT2D eigenvalue weighted by Gasteiger charge is 2.28. The van der Waals surface area contributed by atoms with Gasteiger partial charge in [0.2, 0.25) is 5.62 Å². The van der Waals surface area contributed by atoms with Crippen LogP contribution in [0.15, 0.2) is 52.7 Å². The first kappa shape index (κ1) is 25.5. The average molecular weight is 523 g/mol. The van der Waals surface area contributed by atoms with E-state index in [0.717, 1.165) is 16.7 Å². The normalized spacial score (nSPS) is 12.6. The third-order valence-electron chi connectivity index (χ3n) is 5.80. The highest BCUT2D eigenvalue weighted by molar-refractivity contribution is 9.08. The van der Waals surface area contributed by atoms with Gasteiger partial charge >= 0.3 is 0 Å². The number of imidazole rings is 1. The lowest BCUT2D eigenvalue weighted by atomic mass is 9.78. The summed E-state index contributed by atoms with van der Waals surface area (Å²) in [7, 11) is 0. The molecular formula is C27H31BrN4O2. The summed E-state index contributed by atoms with van der Waals surface area (Å²) in [6.45, 7) is 12.6. The van der Waals surface area contributed by atoms with Crippen LogP contribution in [0.1, 0.15) is 74.3 Å². The summed E-state index contributed by atoms with van der Waals surface area (Å²) in [5.41, 5.74) is 3.22. The van der Waals surface area contributed by atoms with Crippen LogP contribution in [-0.2, 0) is 23.9 Å². The lowest BCUT2D eigenvalue weighted by Crippen LogP contribution is -2.29. The van der Waals surface area contributed by atoms with Gasteiger partial charge in [0.25, 0.3) is 0 Å². The molecule has 178 valence electrons. The molecule has 34 heavy (non-hydrogen) atoms. The van der Waals surface area contributed by atoms with Crippen molar-refractivity contribution in [3.8, 4) is 11.8 Å². The number of hydrogen-bond donors (Lipinski definition) is 1. The van der Waals surface area contributed by atoms with Crippen molar-refractivity contribution in [2.45, 2.75) is 65.5 Å². The first-order valence-corrected chi connectivity index (χ1v) is 11.9. The lowest BCUT2D eigenvalue weighted by Gasteiger charge is -2.28. The Labute approximate surface area is 209 Å². The summed E-state index contributed by atoms with van der Waals surface area (Å²) in [5.74, 6) is 0.112. The number of rotatable bonds is 5. The fourth-order valence-electron chi connectivity index (χ4n) is 3.94. The molecule has 0 unspecified atom stereocenters. The van der Waals surface area contributed by atoms with Gasteiger partial charge in [0.1, 0.15) is 17.5 Å². The fraction of sp³-hybridized carbons (Fsp3) is 0.370. The largest absolute Gasteiger partial charge is 0.507 e. The van der Waals surface area contributed by atoms with Crippen molar-refractivity contribution in [3.63, 3.8) is 0 Å². The van der Waals surface area contributed by atoms with Crippen molar-refractivity contribution in [2.75, 3.05) is 0 Å². The Morgan fingerprint density at radius 2 is 1.62 bits per heavy atom. The van der Waals surface area contributed by atoms with Gasteiger partial charge in [-0.1, -0.05) is 71.9 Å². The molecular weight excluding hydrogens is 492 g/mol. The smallest absolute Gasteiger partial charge is 0.218 e. The van der Waals surface area contributed by atoms with Gasteiger partial charge in [-0.25, -0.2) is 0 Å².